The normalized spacial score (nSPS) is 15.1. The van der Waals surface area contributed by atoms with E-state index in [2.05, 4.69) is 39.6 Å². The van der Waals surface area contributed by atoms with Crippen molar-refractivity contribution in [1.29, 1.82) is 0 Å². The zero-order chi connectivity index (χ0) is 27.3. The summed E-state index contributed by atoms with van der Waals surface area (Å²) in [7, 11) is 0. The second-order valence-electron chi connectivity index (χ2n) is 8.80. The Hall–Kier alpha value is -1.89. The molecule has 0 saturated carbocycles. The lowest BCUT2D eigenvalue weighted by Gasteiger charge is -2.26. The topological polar surface area (TPSA) is 90.9 Å². The summed E-state index contributed by atoms with van der Waals surface area (Å²) in [5.74, 6) is 1.64. The van der Waals surface area contributed by atoms with E-state index in [9.17, 15) is 0 Å². The summed E-state index contributed by atoms with van der Waals surface area (Å²) in [6, 6.07) is 15.5. The molecule has 2 aliphatic rings. The molecule has 2 fully saturated rings. The Bertz CT molecular complexity index is 1230. The van der Waals surface area contributed by atoms with Crippen LogP contribution in [0.4, 0.5) is 5.13 Å². The van der Waals surface area contributed by atoms with Crippen LogP contribution in [0.3, 0.4) is 0 Å². The molecule has 39 heavy (non-hydrogen) atoms. The zero-order valence-electron chi connectivity index (χ0n) is 21.4. The number of rotatable bonds is 5. The van der Waals surface area contributed by atoms with Gasteiger partial charge in [-0.3, -0.25) is 0 Å². The van der Waals surface area contributed by atoms with Crippen LogP contribution in [0, 0.1) is 0 Å². The Morgan fingerprint density at radius 3 is 1.54 bits per heavy atom. The first-order chi connectivity index (χ1) is 19.0. The average Bonchev–Trinajstić information content (AvgIpc) is 3.62. The summed E-state index contributed by atoms with van der Waals surface area (Å²) in [4.78, 5) is 11.0. The molecular weight excluding hydrogens is 595 g/mol. The van der Waals surface area contributed by atoms with Gasteiger partial charge in [0.1, 0.15) is 11.6 Å². The van der Waals surface area contributed by atoms with Gasteiger partial charge in [-0.2, -0.15) is 8.75 Å². The zero-order valence-corrected chi connectivity index (χ0v) is 25.3. The van der Waals surface area contributed by atoms with Gasteiger partial charge < -0.3 is 20.9 Å². The van der Waals surface area contributed by atoms with Crippen LogP contribution in [0.5, 0.6) is 0 Å². The van der Waals surface area contributed by atoms with Crippen molar-refractivity contribution in [2.45, 2.75) is 12.8 Å². The predicted molar refractivity (Wildman–Crippen MR) is 164 cm³/mol. The number of benzene rings is 2. The van der Waals surface area contributed by atoms with E-state index in [1.807, 2.05) is 48.5 Å². The van der Waals surface area contributed by atoms with Crippen LogP contribution in [-0.2, 0) is 12.8 Å². The first-order valence-corrected chi connectivity index (χ1v) is 15.4. The van der Waals surface area contributed by atoms with Gasteiger partial charge in [-0.1, -0.05) is 47.5 Å². The summed E-state index contributed by atoms with van der Waals surface area (Å²) in [5, 5.41) is 12.3. The van der Waals surface area contributed by atoms with Crippen LogP contribution in [0.25, 0.3) is 0 Å². The number of nitrogens with zero attached hydrogens (tertiary/aromatic N) is 5. The third-order valence-electron chi connectivity index (χ3n) is 5.80. The van der Waals surface area contributed by atoms with Crippen molar-refractivity contribution >= 4 is 63.0 Å². The Balaban J connectivity index is 0.000000154. The summed E-state index contributed by atoms with van der Waals surface area (Å²) >= 11 is 20.0. The molecule has 2 aromatic carbocycles. The number of nitrogens with one attached hydrogen (secondary N) is 3. The van der Waals surface area contributed by atoms with E-state index in [4.69, 9.17) is 34.8 Å². The molecule has 0 spiro atoms. The number of hydrogen-bond acceptors (Lipinski definition) is 10. The molecule has 0 unspecified atom stereocenters. The first-order valence-electron chi connectivity index (χ1n) is 12.7. The van der Waals surface area contributed by atoms with E-state index in [1.165, 1.54) is 28.6 Å². The van der Waals surface area contributed by atoms with Crippen molar-refractivity contribution in [2.24, 2.45) is 0 Å². The predicted octanol–water partition coefficient (Wildman–Crippen LogP) is 4.81. The molecule has 2 saturated heterocycles. The largest absolute Gasteiger partial charge is 0.344 e. The molecule has 0 amide bonds. The molecule has 0 atom stereocenters. The fourth-order valence-electron chi connectivity index (χ4n) is 3.78. The standard InChI is InChI=1S/C13H15ClN4S.C9H6Cl2N2S.C4H10N2/c14-11-3-1-10(2-4-11)9-12-16-13(19-17-12)18-7-5-15-6-8-18;10-7-3-1-6(2-4-7)5-8-12-9(11)14-13-8;1-2-6-4-3-5-1/h1-4,15H,5-9H2;1-4H,5H2;5-6H,1-4H2. The minimum absolute atomic E-state index is 0.481. The summed E-state index contributed by atoms with van der Waals surface area (Å²) in [6.07, 6.45) is 1.46. The molecular formula is C26H31Cl3N8S2. The van der Waals surface area contributed by atoms with Gasteiger partial charge in [-0.15, -0.1) is 0 Å². The molecule has 0 radical (unpaired) electrons. The lowest BCUT2D eigenvalue weighted by molar-refractivity contribution is 0.534. The molecule has 13 heteroatoms. The smallest absolute Gasteiger partial charge is 0.205 e. The van der Waals surface area contributed by atoms with Crippen molar-refractivity contribution in [3.8, 4) is 0 Å². The first kappa shape index (κ1) is 30.1. The number of halogens is 3. The maximum absolute atomic E-state index is 5.88. The lowest BCUT2D eigenvalue weighted by atomic mass is 10.1. The molecule has 4 aromatic rings. The maximum Gasteiger partial charge on any atom is 0.205 e. The van der Waals surface area contributed by atoms with E-state index in [0.29, 0.717) is 10.9 Å². The van der Waals surface area contributed by atoms with Gasteiger partial charge in [-0.05, 0) is 58.5 Å². The quantitative estimate of drug-likeness (QED) is 0.291. The van der Waals surface area contributed by atoms with Gasteiger partial charge in [0, 0.05) is 86.8 Å². The Kier molecular flexibility index (Phi) is 12.6. The molecule has 0 bridgehead atoms. The number of aromatic nitrogens is 4. The molecule has 208 valence electrons. The minimum Gasteiger partial charge on any atom is -0.344 e. The van der Waals surface area contributed by atoms with Crippen LogP contribution in [0.2, 0.25) is 14.5 Å². The van der Waals surface area contributed by atoms with Gasteiger partial charge in [0.05, 0.1) is 0 Å². The lowest BCUT2D eigenvalue weighted by Crippen LogP contribution is -2.43. The summed E-state index contributed by atoms with van der Waals surface area (Å²) in [6.45, 7) is 8.61. The average molecular weight is 626 g/mol. The highest BCUT2D eigenvalue weighted by Gasteiger charge is 2.15. The summed E-state index contributed by atoms with van der Waals surface area (Å²) < 4.78 is 9.02. The highest BCUT2D eigenvalue weighted by molar-refractivity contribution is 7.10. The molecule has 4 heterocycles. The van der Waals surface area contributed by atoms with Crippen LogP contribution in [-0.4, -0.2) is 71.1 Å². The van der Waals surface area contributed by atoms with Gasteiger partial charge in [-0.25, -0.2) is 9.97 Å². The van der Waals surface area contributed by atoms with Gasteiger partial charge >= 0.3 is 0 Å². The Labute approximate surface area is 252 Å². The Morgan fingerprint density at radius 1 is 0.615 bits per heavy atom. The van der Waals surface area contributed by atoms with Crippen molar-refractivity contribution in [3.05, 3.63) is 85.8 Å². The summed E-state index contributed by atoms with van der Waals surface area (Å²) in [5.41, 5.74) is 2.32. The van der Waals surface area contributed by atoms with E-state index in [-0.39, 0.29) is 0 Å². The van der Waals surface area contributed by atoms with Gasteiger partial charge in [0.15, 0.2) is 0 Å². The van der Waals surface area contributed by atoms with E-state index < -0.39 is 0 Å². The second-order valence-corrected chi connectivity index (χ2v) is 11.7. The molecule has 8 nitrogen and oxygen atoms in total. The minimum atomic E-state index is 0.481. The SMILES string of the molecule is C1CNCCN1.Clc1ccc(Cc2nsc(Cl)n2)cc1.Clc1ccc(Cc2nsc(N3CCNCC3)n2)cc1. The molecule has 2 aliphatic heterocycles. The monoisotopic (exact) mass is 624 g/mol. The molecule has 2 aromatic heterocycles. The highest BCUT2D eigenvalue weighted by Crippen LogP contribution is 2.20. The van der Waals surface area contributed by atoms with E-state index >= 15 is 0 Å². The van der Waals surface area contributed by atoms with Gasteiger partial charge in [0.25, 0.3) is 0 Å². The second kappa shape index (κ2) is 16.4. The third-order valence-corrected chi connectivity index (χ3v) is 7.95. The molecule has 3 N–H and O–H groups in total. The van der Waals surface area contributed by atoms with Crippen molar-refractivity contribution in [1.82, 2.24) is 34.7 Å². The third kappa shape index (κ3) is 10.9. The van der Waals surface area contributed by atoms with Crippen molar-refractivity contribution in [2.75, 3.05) is 57.3 Å². The highest BCUT2D eigenvalue weighted by atomic mass is 35.5. The fraction of sp³-hybridized carbons (Fsp3) is 0.385. The van der Waals surface area contributed by atoms with Gasteiger partial charge in [0.2, 0.25) is 9.60 Å². The van der Waals surface area contributed by atoms with Crippen LogP contribution in [0.1, 0.15) is 22.8 Å². The van der Waals surface area contributed by atoms with Crippen molar-refractivity contribution in [3.63, 3.8) is 0 Å². The van der Waals surface area contributed by atoms with Crippen LogP contribution < -0.4 is 20.9 Å². The fourth-order valence-corrected chi connectivity index (χ4v) is 5.40. The number of anilines is 1. The van der Waals surface area contributed by atoms with E-state index in [1.54, 1.807) is 0 Å². The van der Waals surface area contributed by atoms with E-state index in [0.717, 1.165) is 91.2 Å². The van der Waals surface area contributed by atoms with Crippen LogP contribution >= 0.6 is 57.9 Å². The molecule has 6 rings (SSSR count). The Morgan fingerprint density at radius 2 is 1.08 bits per heavy atom. The molecule has 0 aliphatic carbocycles. The van der Waals surface area contributed by atoms with Crippen LogP contribution in [0.15, 0.2) is 48.5 Å². The maximum atomic E-state index is 5.88. The number of hydrogen-bond donors (Lipinski definition) is 3. The van der Waals surface area contributed by atoms with Crippen molar-refractivity contribution < 1.29 is 0 Å². The number of piperazine rings is 2.